The molecule has 2 heterocycles. The first kappa shape index (κ1) is 12.3. The number of alkyl halides is 1. The van der Waals surface area contributed by atoms with Crippen LogP contribution in [0.1, 0.15) is 23.1 Å². The number of esters is 1. The van der Waals surface area contributed by atoms with Gasteiger partial charge in [-0.25, -0.2) is 0 Å². The van der Waals surface area contributed by atoms with Crippen LogP contribution >= 0.6 is 27.3 Å². The van der Waals surface area contributed by atoms with Crippen molar-refractivity contribution in [1.82, 2.24) is 0 Å². The molecule has 0 atom stereocenters. The molecule has 0 saturated carbocycles. The van der Waals surface area contributed by atoms with Crippen LogP contribution in [0.3, 0.4) is 0 Å². The maximum Gasteiger partial charge on any atom is 0.376 e. The summed E-state index contributed by atoms with van der Waals surface area (Å²) in [6.07, 6.45) is 0.253. The van der Waals surface area contributed by atoms with E-state index in [1.54, 1.807) is 6.92 Å². The van der Waals surface area contributed by atoms with E-state index in [2.05, 4.69) is 36.6 Å². The van der Waals surface area contributed by atoms with E-state index >= 15 is 0 Å². The highest BCUT2D eigenvalue weighted by Gasteiger charge is 2.41. The first-order valence-corrected chi connectivity index (χ1v) is 6.85. The Morgan fingerprint density at radius 3 is 2.71 bits per heavy atom. The zero-order valence-electron chi connectivity index (χ0n) is 8.96. The van der Waals surface area contributed by atoms with E-state index in [0.29, 0.717) is 4.88 Å². The lowest BCUT2D eigenvalue weighted by molar-refractivity contribution is -0.159. The third-order valence-corrected chi connectivity index (χ3v) is 4.20. The molecule has 1 aliphatic heterocycles. The second kappa shape index (κ2) is 5.01. The summed E-state index contributed by atoms with van der Waals surface area (Å²) in [4.78, 5) is 13.2. The summed E-state index contributed by atoms with van der Waals surface area (Å²) in [5.74, 6) is -1.79. The highest BCUT2D eigenvalue weighted by molar-refractivity contribution is 9.08. The van der Waals surface area contributed by atoms with Gasteiger partial charge in [0.1, 0.15) is 0 Å². The van der Waals surface area contributed by atoms with Crippen LogP contribution in [0.25, 0.3) is 0 Å². The van der Waals surface area contributed by atoms with Crippen LogP contribution in [0.15, 0.2) is 32.8 Å². The van der Waals surface area contributed by atoms with Gasteiger partial charge in [-0.05, 0) is 22.6 Å². The second-order valence-corrected chi connectivity index (χ2v) is 4.94. The number of rotatable bonds is 4. The summed E-state index contributed by atoms with van der Waals surface area (Å²) in [6, 6.07) is 3.73. The molecule has 0 aromatic carbocycles. The SMILES string of the molecule is CCC(=O)OC1(c2ccc(CBr)s2)N=NN=N1. The van der Waals surface area contributed by atoms with E-state index in [9.17, 15) is 4.79 Å². The molecular formula is C9H9BrN4O2S. The normalized spacial score (nSPS) is 16.4. The lowest BCUT2D eigenvalue weighted by Gasteiger charge is -2.17. The highest BCUT2D eigenvalue weighted by Crippen LogP contribution is 2.38. The second-order valence-electron chi connectivity index (χ2n) is 3.21. The molecule has 0 fully saturated rings. The van der Waals surface area contributed by atoms with Crippen molar-refractivity contribution in [3.63, 3.8) is 0 Å². The van der Waals surface area contributed by atoms with Crippen LogP contribution in [0.5, 0.6) is 0 Å². The van der Waals surface area contributed by atoms with E-state index in [0.717, 1.165) is 10.2 Å². The fraction of sp³-hybridized carbons (Fsp3) is 0.444. The maximum atomic E-state index is 11.4. The van der Waals surface area contributed by atoms with Crippen LogP contribution in [0.2, 0.25) is 0 Å². The Morgan fingerprint density at radius 1 is 1.47 bits per heavy atom. The largest absolute Gasteiger partial charge is 0.409 e. The number of carbonyl (C=O) groups is 1. The molecule has 0 saturated heterocycles. The molecule has 0 aliphatic carbocycles. The molecule has 90 valence electrons. The number of carbonyl (C=O) groups excluding carboxylic acids is 1. The summed E-state index contributed by atoms with van der Waals surface area (Å²) in [5.41, 5.74) is 0. The first-order valence-electron chi connectivity index (χ1n) is 4.91. The van der Waals surface area contributed by atoms with Gasteiger partial charge in [-0.2, -0.15) is 0 Å². The van der Waals surface area contributed by atoms with Crippen molar-refractivity contribution in [3.8, 4) is 0 Å². The molecular weight excluding hydrogens is 308 g/mol. The number of nitrogens with zero attached hydrogens (tertiary/aromatic N) is 4. The van der Waals surface area contributed by atoms with Crippen LogP contribution in [0, 0.1) is 0 Å². The summed E-state index contributed by atoms with van der Waals surface area (Å²) in [7, 11) is 0. The molecule has 0 spiro atoms. The molecule has 17 heavy (non-hydrogen) atoms. The van der Waals surface area contributed by atoms with Crippen LogP contribution in [0.4, 0.5) is 0 Å². The molecule has 8 heteroatoms. The van der Waals surface area contributed by atoms with Gasteiger partial charge in [0, 0.05) is 16.6 Å². The van der Waals surface area contributed by atoms with Gasteiger partial charge < -0.3 is 4.74 Å². The van der Waals surface area contributed by atoms with Crippen molar-refractivity contribution < 1.29 is 9.53 Å². The van der Waals surface area contributed by atoms with Crippen molar-refractivity contribution in [2.45, 2.75) is 24.5 Å². The monoisotopic (exact) mass is 316 g/mol. The van der Waals surface area contributed by atoms with E-state index in [1.165, 1.54) is 11.3 Å². The molecule has 0 radical (unpaired) electrons. The predicted octanol–water partition coefficient (Wildman–Crippen LogP) is 3.54. The number of thiophene rings is 1. The average Bonchev–Trinajstić information content (AvgIpc) is 2.97. The number of halogens is 1. The number of hydrogen-bond donors (Lipinski definition) is 0. The maximum absolute atomic E-state index is 11.4. The Morgan fingerprint density at radius 2 is 2.18 bits per heavy atom. The van der Waals surface area contributed by atoms with Gasteiger partial charge in [0.05, 0.1) is 4.88 Å². The lowest BCUT2D eigenvalue weighted by atomic mass is 10.3. The zero-order valence-corrected chi connectivity index (χ0v) is 11.4. The van der Waals surface area contributed by atoms with Gasteiger partial charge in [-0.3, -0.25) is 4.79 Å². The third-order valence-electron chi connectivity index (χ3n) is 2.06. The minimum Gasteiger partial charge on any atom is -0.409 e. The van der Waals surface area contributed by atoms with Gasteiger partial charge in [-0.15, -0.1) is 11.3 Å². The zero-order chi connectivity index (χ0) is 12.3. The van der Waals surface area contributed by atoms with Crippen LogP contribution in [-0.4, -0.2) is 5.97 Å². The smallest absolute Gasteiger partial charge is 0.376 e. The van der Waals surface area contributed by atoms with E-state index in [1.807, 2.05) is 12.1 Å². The Bertz CT molecular complexity index is 473. The minimum atomic E-state index is -1.40. The summed E-state index contributed by atoms with van der Waals surface area (Å²) in [5, 5.41) is 15.2. The molecule has 2 rings (SSSR count). The van der Waals surface area contributed by atoms with Gasteiger partial charge in [0.2, 0.25) is 0 Å². The third kappa shape index (κ3) is 2.42. The highest BCUT2D eigenvalue weighted by atomic mass is 79.9. The molecule has 1 aromatic rings. The lowest BCUT2D eigenvalue weighted by Crippen LogP contribution is -2.25. The van der Waals surface area contributed by atoms with Crippen molar-refractivity contribution >= 4 is 33.2 Å². The number of ether oxygens (including phenoxy) is 1. The molecule has 0 amide bonds. The van der Waals surface area contributed by atoms with Crippen molar-refractivity contribution in [2.75, 3.05) is 0 Å². The Kier molecular flexibility index (Phi) is 3.63. The van der Waals surface area contributed by atoms with E-state index in [4.69, 9.17) is 4.74 Å². The molecule has 6 nitrogen and oxygen atoms in total. The van der Waals surface area contributed by atoms with Crippen LogP contribution in [-0.2, 0) is 20.7 Å². The van der Waals surface area contributed by atoms with Crippen LogP contribution < -0.4 is 0 Å². The quantitative estimate of drug-likeness (QED) is 0.629. The van der Waals surface area contributed by atoms with Crippen molar-refractivity contribution in [2.24, 2.45) is 20.7 Å². The fourth-order valence-electron chi connectivity index (χ4n) is 1.23. The molecule has 0 N–H and O–H groups in total. The van der Waals surface area contributed by atoms with Gasteiger partial charge in [-0.1, -0.05) is 33.1 Å². The standard InChI is InChI=1S/C9H9BrN4O2S/c1-2-8(15)16-9(11-13-14-12-9)7-4-3-6(5-10)17-7/h3-4H,2,5H2,1H3. The van der Waals surface area contributed by atoms with Crippen molar-refractivity contribution in [3.05, 3.63) is 21.9 Å². The average molecular weight is 317 g/mol. The molecule has 1 aliphatic rings. The Hall–Kier alpha value is -1.15. The van der Waals surface area contributed by atoms with Crippen molar-refractivity contribution in [1.29, 1.82) is 0 Å². The summed E-state index contributed by atoms with van der Waals surface area (Å²) < 4.78 is 5.23. The van der Waals surface area contributed by atoms with E-state index in [-0.39, 0.29) is 6.42 Å². The fourth-order valence-corrected chi connectivity index (χ4v) is 2.62. The predicted molar refractivity (Wildman–Crippen MR) is 64.7 cm³/mol. The Balaban J connectivity index is 2.31. The topological polar surface area (TPSA) is 75.7 Å². The van der Waals surface area contributed by atoms with Gasteiger partial charge in [0.15, 0.2) is 0 Å². The van der Waals surface area contributed by atoms with Gasteiger partial charge in [0.25, 0.3) is 0 Å². The summed E-state index contributed by atoms with van der Waals surface area (Å²) in [6.45, 7) is 1.71. The minimum absolute atomic E-state index is 0.253. The summed E-state index contributed by atoms with van der Waals surface area (Å²) >= 11 is 4.81. The van der Waals surface area contributed by atoms with Gasteiger partial charge >= 0.3 is 11.8 Å². The molecule has 0 bridgehead atoms. The molecule has 1 aromatic heterocycles. The Labute approximate surface area is 110 Å². The number of hydrogen-bond acceptors (Lipinski definition) is 7. The van der Waals surface area contributed by atoms with E-state index < -0.39 is 11.8 Å². The first-order chi connectivity index (χ1) is 8.20. The molecule has 0 unspecified atom stereocenters.